The van der Waals surface area contributed by atoms with E-state index in [1.165, 1.54) is 5.56 Å². The number of benzene rings is 1. The molecule has 4 aliphatic carbocycles. The molecule has 5 rings (SSSR count). The van der Waals surface area contributed by atoms with Crippen molar-refractivity contribution in [1.82, 2.24) is 0 Å². The Morgan fingerprint density at radius 3 is 2.43 bits per heavy atom. The molecule has 0 aromatic heterocycles. The van der Waals surface area contributed by atoms with E-state index in [2.05, 4.69) is 19.1 Å². The molecule has 2 nitrogen and oxygen atoms in total. The predicted octanol–water partition coefficient (Wildman–Crippen LogP) is 5.51. The summed E-state index contributed by atoms with van der Waals surface area (Å²) in [5, 5.41) is 0. The van der Waals surface area contributed by atoms with Gasteiger partial charge >= 0.3 is 0 Å². The van der Waals surface area contributed by atoms with Crippen LogP contribution < -0.4 is 0 Å². The summed E-state index contributed by atoms with van der Waals surface area (Å²) in [6.07, 6.45) is 4.69. The van der Waals surface area contributed by atoms with E-state index < -0.39 is 11.6 Å². The third kappa shape index (κ3) is 2.37. The van der Waals surface area contributed by atoms with Crippen LogP contribution >= 0.6 is 0 Å². The molecule has 0 saturated heterocycles. The number of carbonyl (C=O) groups excluding carboxylic acids is 2. The maximum Gasteiger partial charge on any atom is 0.173 e. The molecule has 4 fully saturated rings. The molecule has 0 radical (unpaired) electrons. The second-order valence-electron chi connectivity index (χ2n) is 10.4. The molecule has 0 spiro atoms. The second-order valence-corrected chi connectivity index (χ2v) is 10.4. The van der Waals surface area contributed by atoms with Gasteiger partial charge in [-0.25, -0.2) is 4.39 Å². The highest BCUT2D eigenvalue weighted by Gasteiger charge is 2.63. The van der Waals surface area contributed by atoms with Gasteiger partial charge < -0.3 is 0 Å². The van der Waals surface area contributed by atoms with Gasteiger partial charge in [0.05, 0.1) is 0 Å². The van der Waals surface area contributed by atoms with E-state index in [1.807, 2.05) is 25.1 Å². The van der Waals surface area contributed by atoms with E-state index in [4.69, 9.17) is 0 Å². The number of hydrogen-bond acceptors (Lipinski definition) is 2. The minimum atomic E-state index is -1.26. The Kier molecular flexibility index (Phi) is 4.13. The van der Waals surface area contributed by atoms with Gasteiger partial charge in [0.2, 0.25) is 0 Å². The highest BCUT2D eigenvalue weighted by molar-refractivity contribution is 5.91. The first-order valence-corrected chi connectivity index (χ1v) is 11.1. The maximum absolute atomic E-state index is 14.4. The van der Waals surface area contributed by atoms with Crippen LogP contribution in [0.5, 0.6) is 0 Å². The number of carbonyl (C=O) groups is 2. The van der Waals surface area contributed by atoms with E-state index >= 15 is 0 Å². The van der Waals surface area contributed by atoms with Gasteiger partial charge in [-0.15, -0.1) is 0 Å². The van der Waals surface area contributed by atoms with Gasteiger partial charge in [-0.3, -0.25) is 9.59 Å². The molecule has 4 saturated carbocycles. The molecule has 8 atom stereocenters. The lowest BCUT2D eigenvalue weighted by atomic mass is 9.43. The molecule has 28 heavy (non-hydrogen) atoms. The molecular formula is C25H31FO2. The van der Waals surface area contributed by atoms with Crippen molar-refractivity contribution in [3.8, 4) is 0 Å². The molecule has 150 valence electrons. The summed E-state index contributed by atoms with van der Waals surface area (Å²) < 4.78 is 14.4. The summed E-state index contributed by atoms with van der Waals surface area (Å²) in [6, 6.07) is 10.3. The van der Waals surface area contributed by atoms with Crippen LogP contribution in [0.15, 0.2) is 30.3 Å². The summed E-state index contributed by atoms with van der Waals surface area (Å²) in [5.74, 6) is 1.79. The third-order valence-electron chi connectivity index (χ3n) is 9.46. The Morgan fingerprint density at radius 2 is 1.68 bits per heavy atom. The molecular weight excluding hydrogens is 351 g/mol. The molecule has 8 unspecified atom stereocenters. The van der Waals surface area contributed by atoms with Gasteiger partial charge in [-0.1, -0.05) is 44.2 Å². The van der Waals surface area contributed by atoms with Crippen molar-refractivity contribution in [1.29, 1.82) is 0 Å². The first-order chi connectivity index (χ1) is 13.4. The van der Waals surface area contributed by atoms with Crippen molar-refractivity contribution in [3.63, 3.8) is 0 Å². The lowest BCUT2D eigenvalue weighted by molar-refractivity contribution is -0.147. The number of hydrogen-bond donors (Lipinski definition) is 0. The van der Waals surface area contributed by atoms with E-state index in [9.17, 15) is 14.0 Å². The molecule has 0 bridgehead atoms. The van der Waals surface area contributed by atoms with Crippen molar-refractivity contribution in [3.05, 3.63) is 35.9 Å². The number of halogens is 1. The van der Waals surface area contributed by atoms with E-state index in [1.54, 1.807) is 0 Å². The molecule has 4 aliphatic rings. The number of fused-ring (bicyclic) bond motifs is 5. The fraction of sp³-hybridized carbons (Fsp3) is 0.680. The molecule has 0 heterocycles. The van der Waals surface area contributed by atoms with Crippen LogP contribution in [0, 0.1) is 34.5 Å². The molecule has 0 N–H and O–H groups in total. The van der Waals surface area contributed by atoms with Crippen molar-refractivity contribution in [2.24, 2.45) is 34.5 Å². The lowest BCUT2D eigenvalue weighted by Crippen LogP contribution is -2.55. The lowest BCUT2D eigenvalue weighted by Gasteiger charge is -2.60. The van der Waals surface area contributed by atoms with Crippen molar-refractivity contribution in [2.45, 2.75) is 70.9 Å². The molecule has 3 heteroatoms. The second kappa shape index (κ2) is 6.24. The topological polar surface area (TPSA) is 34.1 Å². The summed E-state index contributed by atoms with van der Waals surface area (Å²) in [6.45, 7) is 4.44. The zero-order valence-corrected chi connectivity index (χ0v) is 17.0. The fourth-order valence-corrected chi connectivity index (χ4v) is 8.00. The SMILES string of the molecule is CC12CCC3C(CCC4C(c5ccccc5)C(=O)CCC43C)C1CC(F)C2=O. The Bertz CT molecular complexity index is 804. The third-order valence-corrected chi connectivity index (χ3v) is 9.46. The standard InChI is InChI=1S/C25H31FO2/c1-24-13-11-21(27)22(15-6-4-3-5-7-15)18(24)9-8-16-17(24)10-12-25(2)19(16)14-20(26)23(25)28/h3-7,16-20,22H,8-14H2,1-2H3. The Balaban J connectivity index is 1.50. The van der Waals surface area contributed by atoms with Crippen LogP contribution in [0.2, 0.25) is 0 Å². The normalized spacial score (nSPS) is 48.0. The number of alkyl halides is 1. The van der Waals surface area contributed by atoms with Crippen LogP contribution in [0.25, 0.3) is 0 Å². The number of Topliss-reactive ketones (excluding diaryl/α,β-unsaturated/α-hetero) is 2. The summed E-state index contributed by atoms with van der Waals surface area (Å²) in [4.78, 5) is 25.5. The summed E-state index contributed by atoms with van der Waals surface area (Å²) >= 11 is 0. The highest BCUT2D eigenvalue weighted by atomic mass is 19.1. The molecule has 1 aromatic carbocycles. The van der Waals surface area contributed by atoms with Crippen LogP contribution in [-0.4, -0.2) is 17.7 Å². The summed E-state index contributed by atoms with van der Waals surface area (Å²) in [7, 11) is 0. The quantitative estimate of drug-likeness (QED) is 0.642. The average molecular weight is 383 g/mol. The summed E-state index contributed by atoms with van der Waals surface area (Å²) in [5.41, 5.74) is 0.839. The van der Waals surface area contributed by atoms with E-state index in [0.717, 1.165) is 32.1 Å². The van der Waals surface area contributed by atoms with Gasteiger partial charge in [0.25, 0.3) is 0 Å². The minimum Gasteiger partial charge on any atom is -0.299 e. The Hall–Kier alpha value is -1.51. The first kappa shape index (κ1) is 18.5. The van der Waals surface area contributed by atoms with Crippen molar-refractivity contribution in [2.75, 3.05) is 0 Å². The Morgan fingerprint density at radius 1 is 0.929 bits per heavy atom. The molecule has 0 aliphatic heterocycles. The monoisotopic (exact) mass is 382 g/mol. The Labute approximate surface area is 167 Å². The minimum absolute atomic E-state index is 0.00773. The fourth-order valence-electron chi connectivity index (χ4n) is 8.00. The van der Waals surface area contributed by atoms with Crippen LogP contribution in [-0.2, 0) is 9.59 Å². The van der Waals surface area contributed by atoms with E-state index in [0.29, 0.717) is 36.4 Å². The largest absolute Gasteiger partial charge is 0.299 e. The van der Waals surface area contributed by atoms with Crippen molar-refractivity contribution < 1.29 is 14.0 Å². The van der Waals surface area contributed by atoms with Gasteiger partial charge in [-0.2, -0.15) is 0 Å². The van der Waals surface area contributed by atoms with Gasteiger partial charge in [-0.05, 0) is 73.2 Å². The average Bonchev–Trinajstić information content (AvgIpc) is 2.93. The smallest absolute Gasteiger partial charge is 0.173 e. The van der Waals surface area contributed by atoms with Crippen molar-refractivity contribution >= 4 is 11.6 Å². The first-order valence-electron chi connectivity index (χ1n) is 11.1. The zero-order valence-electron chi connectivity index (χ0n) is 17.0. The van der Waals surface area contributed by atoms with E-state index in [-0.39, 0.29) is 23.0 Å². The van der Waals surface area contributed by atoms with Gasteiger partial charge in [0.15, 0.2) is 12.0 Å². The maximum atomic E-state index is 14.4. The van der Waals surface area contributed by atoms with Crippen LogP contribution in [0.1, 0.15) is 70.3 Å². The van der Waals surface area contributed by atoms with Crippen LogP contribution in [0.4, 0.5) is 4.39 Å². The van der Waals surface area contributed by atoms with Gasteiger partial charge in [0, 0.05) is 17.8 Å². The highest BCUT2D eigenvalue weighted by Crippen LogP contribution is 2.67. The molecule has 0 amide bonds. The number of rotatable bonds is 1. The zero-order chi connectivity index (χ0) is 19.7. The van der Waals surface area contributed by atoms with Crippen LogP contribution in [0.3, 0.4) is 0 Å². The molecule has 1 aromatic rings. The van der Waals surface area contributed by atoms with Gasteiger partial charge in [0.1, 0.15) is 5.78 Å². The number of ketones is 2. The predicted molar refractivity (Wildman–Crippen MR) is 107 cm³/mol.